The first-order valence-corrected chi connectivity index (χ1v) is 11.5. The molecule has 1 aromatic carbocycles. The number of fused-ring (bicyclic) bond motifs is 1. The molecular formula is C25H33N5. The predicted molar refractivity (Wildman–Crippen MR) is 122 cm³/mol. The summed E-state index contributed by atoms with van der Waals surface area (Å²) < 4.78 is 0. The molecule has 3 atom stereocenters. The van der Waals surface area contributed by atoms with E-state index in [1.165, 1.54) is 24.0 Å². The molecule has 0 saturated heterocycles. The van der Waals surface area contributed by atoms with Gasteiger partial charge in [-0.2, -0.15) is 5.26 Å². The summed E-state index contributed by atoms with van der Waals surface area (Å²) in [6, 6.07) is 6.93. The Hall–Kier alpha value is -2.61. The van der Waals surface area contributed by atoms with Gasteiger partial charge in [-0.3, -0.25) is 0 Å². The van der Waals surface area contributed by atoms with Crippen molar-refractivity contribution in [1.82, 2.24) is 9.97 Å². The van der Waals surface area contributed by atoms with E-state index in [1.807, 2.05) is 6.07 Å². The molecule has 0 bridgehead atoms. The van der Waals surface area contributed by atoms with Gasteiger partial charge in [0.2, 0.25) is 0 Å². The molecule has 4 rings (SSSR count). The Morgan fingerprint density at radius 2 is 2.03 bits per heavy atom. The number of nitrogens with two attached hydrogens (primary N) is 1. The van der Waals surface area contributed by atoms with Gasteiger partial charge in [0, 0.05) is 23.7 Å². The maximum atomic E-state index is 9.84. The van der Waals surface area contributed by atoms with E-state index >= 15 is 0 Å². The fourth-order valence-corrected chi connectivity index (χ4v) is 5.01. The van der Waals surface area contributed by atoms with E-state index in [2.05, 4.69) is 38.2 Å². The number of aryl methyl sites for hydroxylation is 2. The molecule has 3 N–H and O–H groups in total. The van der Waals surface area contributed by atoms with Crippen molar-refractivity contribution in [3.8, 4) is 6.07 Å². The quantitative estimate of drug-likeness (QED) is 0.668. The molecule has 0 aliphatic heterocycles. The molecule has 5 nitrogen and oxygen atoms in total. The minimum absolute atomic E-state index is 0.285. The SMILES string of the molecule is CCCc1ccc(N)c(C#N)c1C1CCc2c(nc(CC)nc2NC2CCC2C)C1. The average Bonchev–Trinajstić information content (AvgIpc) is 2.76. The number of nitriles is 1. The number of nitrogens with one attached hydrogen (secondary N) is 1. The Labute approximate surface area is 180 Å². The maximum absolute atomic E-state index is 9.84. The van der Waals surface area contributed by atoms with Crippen LogP contribution in [0.1, 0.15) is 86.1 Å². The van der Waals surface area contributed by atoms with Crippen LogP contribution in [0.4, 0.5) is 11.5 Å². The van der Waals surface area contributed by atoms with Gasteiger partial charge in [0.05, 0.1) is 11.3 Å². The third-order valence-corrected chi connectivity index (χ3v) is 6.99. The van der Waals surface area contributed by atoms with Gasteiger partial charge in [-0.15, -0.1) is 0 Å². The number of aromatic nitrogens is 2. The molecule has 0 amide bonds. The summed E-state index contributed by atoms with van der Waals surface area (Å²) in [4.78, 5) is 9.79. The Morgan fingerprint density at radius 3 is 2.67 bits per heavy atom. The zero-order chi connectivity index (χ0) is 21.3. The molecule has 1 heterocycles. The van der Waals surface area contributed by atoms with Gasteiger partial charge in [-0.25, -0.2) is 9.97 Å². The van der Waals surface area contributed by atoms with Crippen molar-refractivity contribution in [3.63, 3.8) is 0 Å². The second kappa shape index (κ2) is 8.63. The zero-order valence-corrected chi connectivity index (χ0v) is 18.5. The molecule has 30 heavy (non-hydrogen) atoms. The number of nitrogen functional groups attached to an aromatic ring is 1. The highest BCUT2D eigenvalue weighted by atomic mass is 15.1. The third kappa shape index (κ3) is 3.76. The predicted octanol–water partition coefficient (Wildman–Crippen LogP) is 4.93. The number of anilines is 2. The number of hydrogen-bond acceptors (Lipinski definition) is 5. The molecule has 5 heteroatoms. The summed E-state index contributed by atoms with van der Waals surface area (Å²) in [7, 11) is 0. The van der Waals surface area contributed by atoms with Crippen molar-refractivity contribution in [1.29, 1.82) is 5.26 Å². The average molecular weight is 404 g/mol. The van der Waals surface area contributed by atoms with Gasteiger partial charge in [-0.05, 0) is 67.6 Å². The molecule has 1 fully saturated rings. The molecule has 0 radical (unpaired) electrons. The Bertz CT molecular complexity index is 974. The summed E-state index contributed by atoms with van der Waals surface area (Å²) in [6.07, 6.45) is 8.18. The van der Waals surface area contributed by atoms with E-state index in [1.54, 1.807) is 0 Å². The van der Waals surface area contributed by atoms with Crippen LogP contribution >= 0.6 is 0 Å². The molecule has 2 aliphatic carbocycles. The summed E-state index contributed by atoms with van der Waals surface area (Å²) in [5.41, 5.74) is 12.3. The Balaban J connectivity index is 1.70. The first-order valence-electron chi connectivity index (χ1n) is 11.5. The van der Waals surface area contributed by atoms with Gasteiger partial charge >= 0.3 is 0 Å². The van der Waals surface area contributed by atoms with E-state index in [-0.39, 0.29) is 5.92 Å². The topological polar surface area (TPSA) is 87.6 Å². The normalized spacial score (nSPS) is 22.7. The van der Waals surface area contributed by atoms with E-state index in [9.17, 15) is 5.26 Å². The van der Waals surface area contributed by atoms with Crippen molar-refractivity contribution in [2.75, 3.05) is 11.1 Å². The molecule has 3 unspecified atom stereocenters. The lowest BCUT2D eigenvalue weighted by atomic mass is 9.77. The van der Waals surface area contributed by atoms with Gasteiger partial charge in [0.1, 0.15) is 17.7 Å². The highest BCUT2D eigenvalue weighted by Crippen LogP contribution is 2.40. The van der Waals surface area contributed by atoms with Crippen LogP contribution in [0, 0.1) is 17.2 Å². The van der Waals surface area contributed by atoms with Crippen LogP contribution < -0.4 is 11.1 Å². The van der Waals surface area contributed by atoms with Crippen LogP contribution in [0.3, 0.4) is 0 Å². The summed E-state index contributed by atoms with van der Waals surface area (Å²) >= 11 is 0. The van der Waals surface area contributed by atoms with Crippen LogP contribution in [-0.2, 0) is 25.7 Å². The maximum Gasteiger partial charge on any atom is 0.133 e. The third-order valence-electron chi connectivity index (χ3n) is 6.99. The standard InChI is InChI=1S/C25H33N5/c1-4-6-16-9-11-20(27)19(14-26)24(16)17-8-10-18-22(13-17)28-23(5-2)30-25(18)29-21-12-7-15(21)3/h9,11,15,17,21H,4-8,10,12-13,27H2,1-3H3,(H,28,29,30). The second-order valence-corrected chi connectivity index (χ2v) is 8.98. The zero-order valence-electron chi connectivity index (χ0n) is 18.5. The van der Waals surface area contributed by atoms with Crippen LogP contribution in [0.5, 0.6) is 0 Å². The van der Waals surface area contributed by atoms with Crippen molar-refractivity contribution in [2.45, 2.75) is 84.1 Å². The minimum atomic E-state index is 0.285. The van der Waals surface area contributed by atoms with Crippen molar-refractivity contribution < 1.29 is 0 Å². The van der Waals surface area contributed by atoms with Gasteiger partial charge in [0.25, 0.3) is 0 Å². The van der Waals surface area contributed by atoms with Crippen LogP contribution in [0.25, 0.3) is 0 Å². The van der Waals surface area contributed by atoms with Gasteiger partial charge in [0.15, 0.2) is 0 Å². The Morgan fingerprint density at radius 1 is 1.20 bits per heavy atom. The monoisotopic (exact) mass is 403 g/mol. The minimum Gasteiger partial charge on any atom is -0.398 e. The van der Waals surface area contributed by atoms with Gasteiger partial charge < -0.3 is 11.1 Å². The summed E-state index contributed by atoms with van der Waals surface area (Å²) in [5.74, 6) is 2.95. The van der Waals surface area contributed by atoms with E-state index in [0.717, 1.165) is 61.4 Å². The summed E-state index contributed by atoms with van der Waals surface area (Å²) in [5, 5.41) is 13.6. The second-order valence-electron chi connectivity index (χ2n) is 8.98. The number of hydrogen-bond donors (Lipinski definition) is 2. The molecule has 1 aromatic heterocycles. The molecule has 1 saturated carbocycles. The number of nitrogens with zero attached hydrogens (tertiary/aromatic N) is 3. The fraction of sp³-hybridized carbons (Fsp3) is 0.560. The largest absolute Gasteiger partial charge is 0.398 e. The number of rotatable bonds is 6. The Kier molecular flexibility index (Phi) is 5.94. The van der Waals surface area contributed by atoms with Crippen molar-refractivity contribution in [2.24, 2.45) is 5.92 Å². The lowest BCUT2D eigenvalue weighted by Crippen LogP contribution is -2.37. The number of benzene rings is 1. The smallest absolute Gasteiger partial charge is 0.133 e. The van der Waals surface area contributed by atoms with Crippen molar-refractivity contribution >= 4 is 11.5 Å². The lowest BCUT2D eigenvalue weighted by molar-refractivity contribution is 0.302. The first kappa shape index (κ1) is 20.7. The lowest BCUT2D eigenvalue weighted by Gasteiger charge is -2.36. The van der Waals surface area contributed by atoms with Crippen molar-refractivity contribution in [3.05, 3.63) is 45.9 Å². The molecule has 0 spiro atoms. The highest BCUT2D eigenvalue weighted by Gasteiger charge is 2.31. The van der Waals surface area contributed by atoms with E-state index in [0.29, 0.717) is 23.2 Å². The molecule has 158 valence electrons. The molecular weight excluding hydrogens is 370 g/mol. The fourth-order valence-electron chi connectivity index (χ4n) is 5.01. The van der Waals surface area contributed by atoms with Crippen LogP contribution in [0.15, 0.2) is 12.1 Å². The molecule has 2 aliphatic rings. The van der Waals surface area contributed by atoms with E-state index < -0.39 is 0 Å². The van der Waals surface area contributed by atoms with Crippen LogP contribution in [0.2, 0.25) is 0 Å². The molecule has 2 aromatic rings. The van der Waals surface area contributed by atoms with Crippen LogP contribution in [-0.4, -0.2) is 16.0 Å². The summed E-state index contributed by atoms with van der Waals surface area (Å²) in [6.45, 7) is 6.61. The van der Waals surface area contributed by atoms with E-state index in [4.69, 9.17) is 15.7 Å². The highest BCUT2D eigenvalue weighted by molar-refractivity contribution is 5.62. The first-order chi connectivity index (χ1) is 14.5. The van der Waals surface area contributed by atoms with Gasteiger partial charge in [-0.1, -0.05) is 33.3 Å².